The van der Waals surface area contributed by atoms with Crippen LogP contribution >= 0.6 is 0 Å². The van der Waals surface area contributed by atoms with Crippen molar-refractivity contribution in [2.45, 2.75) is 51.7 Å². The van der Waals surface area contributed by atoms with Crippen molar-refractivity contribution in [1.29, 1.82) is 0 Å². The van der Waals surface area contributed by atoms with Gasteiger partial charge in [-0.15, -0.1) is 6.42 Å². The maximum Gasteiger partial charge on any atom is 0.410 e. The Morgan fingerprint density at radius 2 is 2.04 bits per heavy atom. The van der Waals surface area contributed by atoms with E-state index in [2.05, 4.69) is 10.9 Å². The first kappa shape index (κ1) is 17.3. The molecule has 0 aromatic heterocycles. The van der Waals surface area contributed by atoms with E-state index in [-0.39, 0.29) is 12.1 Å². The van der Waals surface area contributed by atoms with Crippen LogP contribution in [-0.4, -0.2) is 34.9 Å². The van der Waals surface area contributed by atoms with E-state index in [0.29, 0.717) is 0 Å². The van der Waals surface area contributed by atoms with Gasteiger partial charge >= 0.3 is 6.09 Å². The Balaban J connectivity index is 1.67. The quantitative estimate of drug-likeness (QED) is 0.758. The van der Waals surface area contributed by atoms with Gasteiger partial charge in [-0.1, -0.05) is 18.1 Å². The van der Waals surface area contributed by atoms with Gasteiger partial charge in [0.05, 0.1) is 6.04 Å². The summed E-state index contributed by atoms with van der Waals surface area (Å²) in [5, 5.41) is 0. The maximum absolute atomic E-state index is 12.5. The van der Waals surface area contributed by atoms with E-state index in [1.165, 1.54) is 0 Å². The smallest absolute Gasteiger partial charge is 0.410 e. The number of nitrogens with zero attached hydrogens (tertiary/aromatic N) is 2. The summed E-state index contributed by atoms with van der Waals surface area (Å²) in [5.41, 5.74) is 3.72. The van der Waals surface area contributed by atoms with E-state index in [9.17, 15) is 4.79 Å². The zero-order valence-corrected chi connectivity index (χ0v) is 15.1. The van der Waals surface area contributed by atoms with E-state index in [1.807, 2.05) is 56.1 Å². The highest BCUT2D eigenvalue weighted by Gasteiger charge is 2.36. The summed E-state index contributed by atoms with van der Waals surface area (Å²) in [6.07, 6.45) is 9.76. The van der Waals surface area contributed by atoms with Crippen LogP contribution in [0.1, 0.15) is 51.2 Å². The van der Waals surface area contributed by atoms with Crippen molar-refractivity contribution >= 4 is 17.4 Å². The number of allylic oxidation sites excluding steroid dienone is 1. The molecule has 0 saturated carbocycles. The molecule has 1 saturated heterocycles. The first-order valence-corrected chi connectivity index (χ1v) is 8.69. The lowest BCUT2D eigenvalue weighted by molar-refractivity contribution is 0.0265. The molecular weight excluding hydrogens is 312 g/mol. The molecule has 1 fully saturated rings. The van der Waals surface area contributed by atoms with Crippen LogP contribution < -0.4 is 0 Å². The normalized spacial score (nSPS) is 20.1. The lowest BCUT2D eigenvalue weighted by Gasteiger charge is -2.28. The van der Waals surface area contributed by atoms with E-state index in [0.717, 1.165) is 48.2 Å². The SMILES string of the molecule is C#Cc1ccc(C2=CN=C(C3CCCN3C(=O)OC(C)(C)C)C2)cc1. The lowest BCUT2D eigenvalue weighted by Crippen LogP contribution is -2.43. The van der Waals surface area contributed by atoms with Gasteiger partial charge in [0.15, 0.2) is 0 Å². The fourth-order valence-corrected chi connectivity index (χ4v) is 3.26. The Kier molecular flexibility index (Phi) is 4.67. The van der Waals surface area contributed by atoms with E-state index >= 15 is 0 Å². The molecule has 0 aliphatic carbocycles. The second-order valence-corrected chi connectivity index (χ2v) is 7.51. The number of carbonyl (C=O) groups is 1. The molecule has 0 bridgehead atoms. The van der Waals surface area contributed by atoms with Crippen LogP contribution in [-0.2, 0) is 4.74 Å². The Morgan fingerprint density at radius 3 is 2.68 bits per heavy atom. The lowest BCUT2D eigenvalue weighted by atomic mass is 9.98. The van der Waals surface area contributed by atoms with Gasteiger partial charge in [0, 0.05) is 30.4 Å². The first-order chi connectivity index (χ1) is 11.9. The van der Waals surface area contributed by atoms with Gasteiger partial charge in [-0.05, 0) is 56.9 Å². The summed E-state index contributed by atoms with van der Waals surface area (Å²) in [5.74, 6) is 2.63. The Bertz CT molecular complexity index is 761. The molecule has 130 valence electrons. The van der Waals surface area contributed by atoms with Gasteiger partial charge in [0.2, 0.25) is 0 Å². The Hall–Kier alpha value is -2.54. The number of ether oxygens (including phenoxy) is 1. The van der Waals surface area contributed by atoms with Crippen molar-refractivity contribution in [2.75, 3.05) is 6.54 Å². The number of terminal acetylenes is 1. The minimum Gasteiger partial charge on any atom is -0.444 e. The second kappa shape index (κ2) is 6.76. The van der Waals surface area contributed by atoms with Crippen LogP contribution in [0.15, 0.2) is 35.5 Å². The summed E-state index contributed by atoms with van der Waals surface area (Å²) in [6, 6.07) is 7.97. The molecule has 1 aromatic carbocycles. The fraction of sp³-hybridized carbons (Fsp3) is 0.429. The number of hydrogen-bond acceptors (Lipinski definition) is 3. The molecule has 1 atom stereocenters. The van der Waals surface area contributed by atoms with Gasteiger partial charge < -0.3 is 4.74 Å². The van der Waals surface area contributed by atoms with Gasteiger partial charge in [-0.25, -0.2) is 4.79 Å². The molecule has 2 aliphatic heterocycles. The largest absolute Gasteiger partial charge is 0.444 e. The number of likely N-dealkylation sites (tertiary alicyclic amines) is 1. The Morgan fingerprint density at radius 1 is 1.32 bits per heavy atom. The number of amides is 1. The topological polar surface area (TPSA) is 41.9 Å². The monoisotopic (exact) mass is 336 g/mol. The van der Waals surface area contributed by atoms with Crippen molar-refractivity contribution in [3.05, 3.63) is 41.6 Å². The van der Waals surface area contributed by atoms with E-state index in [4.69, 9.17) is 11.2 Å². The molecule has 0 radical (unpaired) electrons. The molecule has 1 aromatic rings. The predicted octanol–water partition coefficient (Wildman–Crippen LogP) is 4.25. The molecule has 4 nitrogen and oxygen atoms in total. The third kappa shape index (κ3) is 3.93. The molecule has 25 heavy (non-hydrogen) atoms. The highest BCUT2D eigenvalue weighted by Crippen LogP contribution is 2.30. The fourth-order valence-electron chi connectivity index (χ4n) is 3.26. The second-order valence-electron chi connectivity index (χ2n) is 7.51. The number of hydrogen-bond donors (Lipinski definition) is 0. The summed E-state index contributed by atoms with van der Waals surface area (Å²) in [6.45, 7) is 6.40. The molecule has 2 heterocycles. The van der Waals surface area contributed by atoms with Gasteiger partial charge in [-0.2, -0.15) is 0 Å². The summed E-state index contributed by atoms with van der Waals surface area (Å²) in [4.78, 5) is 18.9. The van der Waals surface area contributed by atoms with Crippen LogP contribution in [0.25, 0.3) is 5.57 Å². The third-order valence-corrected chi connectivity index (χ3v) is 4.45. The van der Waals surface area contributed by atoms with E-state index < -0.39 is 5.60 Å². The van der Waals surface area contributed by atoms with E-state index in [1.54, 1.807) is 0 Å². The minimum absolute atomic E-state index is 0.0357. The van der Waals surface area contributed by atoms with Crippen LogP contribution in [0.3, 0.4) is 0 Å². The van der Waals surface area contributed by atoms with Crippen molar-refractivity contribution in [1.82, 2.24) is 4.90 Å². The van der Waals surface area contributed by atoms with Gasteiger partial charge in [0.25, 0.3) is 0 Å². The van der Waals surface area contributed by atoms with Crippen LogP contribution in [0.5, 0.6) is 0 Å². The number of rotatable bonds is 2. The first-order valence-electron chi connectivity index (χ1n) is 8.69. The van der Waals surface area contributed by atoms with Crippen LogP contribution in [0, 0.1) is 12.3 Å². The highest BCUT2D eigenvalue weighted by molar-refractivity contribution is 6.02. The Labute approximate surface area is 149 Å². The summed E-state index contributed by atoms with van der Waals surface area (Å²) in [7, 11) is 0. The van der Waals surface area contributed by atoms with Gasteiger partial charge in [0.1, 0.15) is 5.60 Å². The molecule has 0 spiro atoms. The van der Waals surface area contributed by atoms with Crippen molar-refractivity contribution in [2.24, 2.45) is 4.99 Å². The molecular formula is C21H24N2O2. The summed E-state index contributed by atoms with van der Waals surface area (Å²) < 4.78 is 5.54. The highest BCUT2D eigenvalue weighted by atomic mass is 16.6. The third-order valence-electron chi connectivity index (χ3n) is 4.45. The summed E-state index contributed by atoms with van der Waals surface area (Å²) >= 11 is 0. The average molecular weight is 336 g/mol. The van der Waals surface area contributed by atoms with Crippen molar-refractivity contribution < 1.29 is 9.53 Å². The minimum atomic E-state index is -0.482. The van der Waals surface area contributed by atoms with Crippen molar-refractivity contribution in [3.8, 4) is 12.3 Å². The predicted molar refractivity (Wildman–Crippen MR) is 100 cm³/mol. The molecule has 2 aliphatic rings. The molecule has 1 unspecified atom stereocenters. The number of aliphatic imine (C=N–C) groups is 1. The van der Waals surface area contributed by atoms with Crippen LogP contribution in [0.2, 0.25) is 0 Å². The molecule has 0 N–H and O–H groups in total. The number of carbonyl (C=O) groups excluding carboxylic acids is 1. The molecule has 3 rings (SSSR count). The maximum atomic E-state index is 12.5. The standard InChI is InChI=1S/C21H24N2O2/c1-5-15-8-10-16(11-9-15)17-13-18(22-14-17)19-7-6-12-23(19)20(24)25-21(2,3)4/h1,8-11,14,19H,6-7,12-13H2,2-4H3. The zero-order valence-electron chi connectivity index (χ0n) is 15.1. The van der Waals surface area contributed by atoms with Crippen molar-refractivity contribution in [3.63, 3.8) is 0 Å². The average Bonchev–Trinajstić information content (AvgIpc) is 3.22. The van der Waals surface area contributed by atoms with Gasteiger partial charge in [-0.3, -0.25) is 9.89 Å². The van der Waals surface area contributed by atoms with Crippen LogP contribution in [0.4, 0.5) is 4.79 Å². The molecule has 4 heteroatoms. The zero-order chi connectivity index (χ0) is 18.0. The molecule has 1 amide bonds. The number of benzene rings is 1.